The summed E-state index contributed by atoms with van der Waals surface area (Å²) in [7, 11) is 1.67. The molecule has 0 radical (unpaired) electrons. The quantitative estimate of drug-likeness (QED) is 0.880. The van der Waals surface area contributed by atoms with E-state index < -0.39 is 0 Å². The summed E-state index contributed by atoms with van der Waals surface area (Å²) in [6.07, 6.45) is 0. The molecular formula is C15H17BrClNO. The van der Waals surface area contributed by atoms with Crippen LogP contribution < -0.4 is 10.1 Å². The molecule has 0 saturated carbocycles. The Balaban J connectivity index is 0.00000180. The number of benzene rings is 2. The second-order valence-corrected chi connectivity index (χ2v) is 4.91. The summed E-state index contributed by atoms with van der Waals surface area (Å²) in [5, 5.41) is 3.42. The van der Waals surface area contributed by atoms with E-state index in [0.29, 0.717) is 0 Å². The zero-order valence-corrected chi connectivity index (χ0v) is 13.1. The highest BCUT2D eigenvalue weighted by Crippen LogP contribution is 2.25. The minimum atomic E-state index is 0. The fourth-order valence-electron chi connectivity index (χ4n) is 1.77. The first kappa shape index (κ1) is 16.0. The van der Waals surface area contributed by atoms with E-state index in [1.807, 2.05) is 12.1 Å². The molecule has 19 heavy (non-hydrogen) atoms. The first-order chi connectivity index (χ1) is 8.79. The third-order valence-electron chi connectivity index (χ3n) is 2.72. The van der Waals surface area contributed by atoms with Crippen LogP contribution in [0.4, 0.5) is 0 Å². The number of halogens is 2. The summed E-state index contributed by atoms with van der Waals surface area (Å²) in [4.78, 5) is 0. The lowest BCUT2D eigenvalue weighted by Gasteiger charge is -2.08. The fourth-order valence-corrected chi connectivity index (χ4v) is 2.35. The van der Waals surface area contributed by atoms with Crippen molar-refractivity contribution in [1.29, 1.82) is 0 Å². The van der Waals surface area contributed by atoms with Crippen molar-refractivity contribution >= 4 is 28.3 Å². The van der Waals surface area contributed by atoms with Crippen LogP contribution in [0, 0.1) is 0 Å². The predicted octanol–water partition coefficient (Wildman–Crippen LogP) is 4.17. The van der Waals surface area contributed by atoms with E-state index >= 15 is 0 Å². The van der Waals surface area contributed by atoms with Gasteiger partial charge in [-0.05, 0) is 39.2 Å². The molecule has 0 spiro atoms. The zero-order valence-electron chi connectivity index (χ0n) is 10.7. The predicted molar refractivity (Wildman–Crippen MR) is 84.9 cm³/mol. The average molecular weight is 343 g/mol. The molecule has 0 heterocycles. The maximum Gasteiger partial charge on any atom is 0.133 e. The first-order valence-electron chi connectivity index (χ1n) is 5.86. The first-order valence-corrected chi connectivity index (χ1v) is 6.66. The van der Waals surface area contributed by atoms with Gasteiger partial charge in [0.1, 0.15) is 5.75 Å². The molecule has 0 saturated heterocycles. The van der Waals surface area contributed by atoms with Gasteiger partial charge in [0.25, 0.3) is 0 Å². The molecule has 0 aliphatic carbocycles. The minimum Gasteiger partial charge on any atom is -0.496 e. The van der Waals surface area contributed by atoms with Crippen molar-refractivity contribution in [2.75, 3.05) is 7.11 Å². The molecule has 102 valence electrons. The van der Waals surface area contributed by atoms with E-state index in [2.05, 4.69) is 57.6 Å². The molecule has 2 rings (SSSR count). The molecular weight excluding hydrogens is 326 g/mol. The Morgan fingerprint density at radius 1 is 1.00 bits per heavy atom. The van der Waals surface area contributed by atoms with E-state index in [0.717, 1.165) is 23.3 Å². The number of nitrogens with one attached hydrogen (secondary N) is 1. The van der Waals surface area contributed by atoms with Crippen molar-refractivity contribution < 1.29 is 4.74 Å². The van der Waals surface area contributed by atoms with E-state index in [4.69, 9.17) is 4.74 Å². The van der Waals surface area contributed by atoms with E-state index in [1.54, 1.807) is 7.11 Å². The molecule has 0 aliphatic rings. The van der Waals surface area contributed by atoms with Gasteiger partial charge in [-0.2, -0.15) is 0 Å². The van der Waals surface area contributed by atoms with Crippen molar-refractivity contribution in [3.8, 4) is 5.75 Å². The van der Waals surface area contributed by atoms with Crippen LogP contribution >= 0.6 is 28.3 Å². The summed E-state index contributed by atoms with van der Waals surface area (Å²) >= 11 is 3.49. The standard InChI is InChI=1S/C15H16BrNO.ClH/c1-18-15-8-7-13(9-14(15)16)11-17-10-12-5-3-2-4-6-12;/h2-9,17H,10-11H2,1H3;1H. The van der Waals surface area contributed by atoms with Crippen LogP contribution in [0.1, 0.15) is 11.1 Å². The molecule has 0 amide bonds. The van der Waals surface area contributed by atoms with E-state index in [1.165, 1.54) is 11.1 Å². The highest BCUT2D eigenvalue weighted by molar-refractivity contribution is 9.10. The highest BCUT2D eigenvalue weighted by atomic mass is 79.9. The molecule has 0 aliphatic heterocycles. The largest absolute Gasteiger partial charge is 0.496 e. The van der Waals surface area contributed by atoms with Crippen molar-refractivity contribution in [3.05, 3.63) is 64.1 Å². The lowest BCUT2D eigenvalue weighted by Crippen LogP contribution is -2.12. The lowest BCUT2D eigenvalue weighted by molar-refractivity contribution is 0.412. The van der Waals surface area contributed by atoms with E-state index in [-0.39, 0.29) is 12.4 Å². The number of rotatable bonds is 5. The van der Waals surface area contributed by atoms with Gasteiger partial charge in [0.15, 0.2) is 0 Å². The molecule has 0 bridgehead atoms. The van der Waals surface area contributed by atoms with Gasteiger partial charge in [-0.3, -0.25) is 0 Å². The maximum absolute atomic E-state index is 5.21. The number of ether oxygens (including phenoxy) is 1. The van der Waals surface area contributed by atoms with Gasteiger partial charge in [-0.1, -0.05) is 36.4 Å². The Morgan fingerprint density at radius 3 is 2.32 bits per heavy atom. The van der Waals surface area contributed by atoms with Gasteiger partial charge in [0, 0.05) is 13.1 Å². The molecule has 4 heteroatoms. The van der Waals surface area contributed by atoms with Crippen LogP contribution in [0.25, 0.3) is 0 Å². The Morgan fingerprint density at radius 2 is 1.68 bits per heavy atom. The van der Waals surface area contributed by atoms with Crippen molar-refractivity contribution in [2.24, 2.45) is 0 Å². The van der Waals surface area contributed by atoms with Crippen LogP contribution in [0.5, 0.6) is 5.75 Å². The molecule has 2 aromatic carbocycles. The van der Waals surface area contributed by atoms with Crippen molar-refractivity contribution in [2.45, 2.75) is 13.1 Å². The van der Waals surface area contributed by atoms with Crippen molar-refractivity contribution in [3.63, 3.8) is 0 Å². The minimum absolute atomic E-state index is 0. The molecule has 0 atom stereocenters. The van der Waals surface area contributed by atoms with Gasteiger partial charge in [-0.15, -0.1) is 12.4 Å². The summed E-state index contributed by atoms with van der Waals surface area (Å²) in [5.74, 6) is 0.863. The van der Waals surface area contributed by atoms with Crippen LogP contribution in [0.3, 0.4) is 0 Å². The monoisotopic (exact) mass is 341 g/mol. The smallest absolute Gasteiger partial charge is 0.133 e. The van der Waals surface area contributed by atoms with Gasteiger partial charge in [0.2, 0.25) is 0 Å². The van der Waals surface area contributed by atoms with Gasteiger partial charge in [-0.25, -0.2) is 0 Å². The molecule has 2 nitrogen and oxygen atoms in total. The average Bonchev–Trinajstić information content (AvgIpc) is 2.40. The third kappa shape index (κ3) is 4.86. The summed E-state index contributed by atoms with van der Waals surface area (Å²) in [5.41, 5.74) is 2.53. The second-order valence-electron chi connectivity index (χ2n) is 4.06. The summed E-state index contributed by atoms with van der Waals surface area (Å²) in [6, 6.07) is 16.5. The van der Waals surface area contributed by atoms with Crippen LogP contribution in [-0.4, -0.2) is 7.11 Å². The highest BCUT2D eigenvalue weighted by Gasteiger charge is 2.01. The molecule has 0 fully saturated rings. The number of methoxy groups -OCH3 is 1. The SMILES string of the molecule is COc1ccc(CNCc2ccccc2)cc1Br.Cl. The van der Waals surface area contributed by atoms with Gasteiger partial charge in [0.05, 0.1) is 11.6 Å². The topological polar surface area (TPSA) is 21.3 Å². The van der Waals surface area contributed by atoms with E-state index in [9.17, 15) is 0 Å². The maximum atomic E-state index is 5.21. The molecule has 0 unspecified atom stereocenters. The molecule has 2 aromatic rings. The zero-order chi connectivity index (χ0) is 12.8. The Hall–Kier alpha value is -1.03. The number of hydrogen-bond acceptors (Lipinski definition) is 2. The van der Waals surface area contributed by atoms with Gasteiger partial charge < -0.3 is 10.1 Å². The lowest BCUT2D eigenvalue weighted by atomic mass is 10.2. The summed E-state index contributed by atoms with van der Waals surface area (Å²) in [6.45, 7) is 1.72. The fraction of sp³-hybridized carbons (Fsp3) is 0.200. The Labute approximate surface area is 128 Å². The van der Waals surface area contributed by atoms with Crippen LogP contribution in [0.15, 0.2) is 53.0 Å². The Kier molecular flexibility index (Phi) is 6.92. The molecule has 1 N–H and O–H groups in total. The Bertz CT molecular complexity index is 505. The molecule has 0 aromatic heterocycles. The third-order valence-corrected chi connectivity index (χ3v) is 3.34. The normalized spacial score (nSPS) is 9.79. The van der Waals surface area contributed by atoms with Gasteiger partial charge >= 0.3 is 0 Å². The summed E-state index contributed by atoms with van der Waals surface area (Å²) < 4.78 is 6.20. The van der Waals surface area contributed by atoms with Crippen LogP contribution in [0.2, 0.25) is 0 Å². The van der Waals surface area contributed by atoms with Crippen LogP contribution in [-0.2, 0) is 13.1 Å². The number of hydrogen-bond donors (Lipinski definition) is 1. The second kappa shape index (κ2) is 8.20. The van der Waals surface area contributed by atoms with Crippen molar-refractivity contribution in [1.82, 2.24) is 5.32 Å².